The summed E-state index contributed by atoms with van der Waals surface area (Å²) in [6.45, 7) is 4.60. The van der Waals surface area contributed by atoms with Gasteiger partial charge in [0.15, 0.2) is 0 Å². The van der Waals surface area contributed by atoms with Crippen LogP contribution in [0.4, 0.5) is 0 Å². The van der Waals surface area contributed by atoms with Crippen molar-refractivity contribution >= 4 is 5.97 Å². The Kier molecular flexibility index (Phi) is 4.70. The third-order valence-corrected chi connectivity index (χ3v) is 3.02. The zero-order chi connectivity index (χ0) is 13.7. The standard InChI is InChI=1S/C13H18N2O4/c1-2-19-12-10(4-3-5-14-12)11(13(16)17)15-6-8-18-9-7-15/h3-5,11H,2,6-9H2,1H3,(H,16,17)/t11-/m1/s1. The van der Waals surface area contributed by atoms with Crippen LogP contribution in [-0.2, 0) is 9.53 Å². The van der Waals surface area contributed by atoms with Crippen LogP contribution in [-0.4, -0.2) is 53.9 Å². The molecule has 1 atom stereocenters. The normalized spacial score (nSPS) is 17.9. The van der Waals surface area contributed by atoms with E-state index in [4.69, 9.17) is 9.47 Å². The smallest absolute Gasteiger partial charge is 0.325 e. The van der Waals surface area contributed by atoms with E-state index < -0.39 is 12.0 Å². The fourth-order valence-corrected chi connectivity index (χ4v) is 2.19. The summed E-state index contributed by atoms with van der Waals surface area (Å²) in [5, 5.41) is 9.51. The molecule has 1 aliphatic rings. The minimum atomic E-state index is -0.893. The van der Waals surface area contributed by atoms with Gasteiger partial charge in [0.2, 0.25) is 5.88 Å². The zero-order valence-electron chi connectivity index (χ0n) is 10.9. The van der Waals surface area contributed by atoms with Crippen molar-refractivity contribution in [2.45, 2.75) is 13.0 Å². The van der Waals surface area contributed by atoms with Crippen molar-refractivity contribution in [1.29, 1.82) is 0 Å². The lowest BCUT2D eigenvalue weighted by Crippen LogP contribution is -2.42. The third-order valence-electron chi connectivity index (χ3n) is 3.02. The molecule has 0 bridgehead atoms. The SMILES string of the molecule is CCOc1ncccc1[C@H](C(=O)O)N1CCOCC1. The first-order valence-corrected chi connectivity index (χ1v) is 6.36. The number of aliphatic carboxylic acids is 1. The number of aromatic nitrogens is 1. The van der Waals surface area contributed by atoms with Gasteiger partial charge in [-0.05, 0) is 19.1 Å². The molecule has 1 saturated heterocycles. The van der Waals surface area contributed by atoms with Crippen LogP contribution in [0, 0.1) is 0 Å². The number of pyridine rings is 1. The van der Waals surface area contributed by atoms with E-state index in [9.17, 15) is 9.90 Å². The molecule has 0 unspecified atom stereocenters. The topological polar surface area (TPSA) is 71.9 Å². The second kappa shape index (κ2) is 6.49. The average Bonchev–Trinajstić information content (AvgIpc) is 2.42. The fraction of sp³-hybridized carbons (Fsp3) is 0.538. The molecule has 0 amide bonds. The molecule has 1 N–H and O–H groups in total. The molecule has 6 nitrogen and oxygen atoms in total. The lowest BCUT2D eigenvalue weighted by atomic mass is 10.1. The number of carbonyl (C=O) groups is 1. The lowest BCUT2D eigenvalue weighted by molar-refractivity contribution is -0.145. The summed E-state index contributed by atoms with van der Waals surface area (Å²) in [7, 11) is 0. The Labute approximate surface area is 112 Å². The molecule has 0 aliphatic carbocycles. The van der Waals surface area contributed by atoms with Crippen LogP contribution in [0.3, 0.4) is 0 Å². The van der Waals surface area contributed by atoms with Crippen molar-refractivity contribution in [2.75, 3.05) is 32.9 Å². The van der Waals surface area contributed by atoms with E-state index in [1.807, 2.05) is 11.8 Å². The van der Waals surface area contributed by atoms with Crippen LogP contribution in [0.15, 0.2) is 18.3 Å². The van der Waals surface area contributed by atoms with Gasteiger partial charge in [0.05, 0.1) is 19.8 Å². The van der Waals surface area contributed by atoms with Gasteiger partial charge in [-0.25, -0.2) is 4.98 Å². The van der Waals surface area contributed by atoms with Crippen molar-refractivity contribution in [1.82, 2.24) is 9.88 Å². The van der Waals surface area contributed by atoms with E-state index in [-0.39, 0.29) is 0 Å². The van der Waals surface area contributed by atoms with Gasteiger partial charge < -0.3 is 14.6 Å². The summed E-state index contributed by atoms with van der Waals surface area (Å²) in [6, 6.07) is 2.75. The number of nitrogens with zero attached hydrogens (tertiary/aromatic N) is 2. The molecule has 1 aliphatic heterocycles. The molecule has 0 radical (unpaired) electrons. The van der Waals surface area contributed by atoms with Crippen LogP contribution in [0.25, 0.3) is 0 Å². The summed E-state index contributed by atoms with van der Waals surface area (Å²) >= 11 is 0. The van der Waals surface area contributed by atoms with E-state index in [1.54, 1.807) is 18.3 Å². The summed E-state index contributed by atoms with van der Waals surface area (Å²) in [5.74, 6) is -0.500. The van der Waals surface area contributed by atoms with E-state index in [1.165, 1.54) is 0 Å². The Bertz CT molecular complexity index is 432. The van der Waals surface area contributed by atoms with Gasteiger partial charge in [-0.3, -0.25) is 9.69 Å². The molecule has 2 heterocycles. The number of hydrogen-bond acceptors (Lipinski definition) is 5. The van der Waals surface area contributed by atoms with Crippen molar-refractivity contribution in [3.63, 3.8) is 0 Å². The van der Waals surface area contributed by atoms with Gasteiger partial charge in [0.25, 0.3) is 0 Å². The molecule has 2 rings (SSSR count). The number of hydrogen-bond donors (Lipinski definition) is 1. The maximum atomic E-state index is 11.6. The van der Waals surface area contributed by atoms with Gasteiger partial charge in [0, 0.05) is 24.8 Å². The highest BCUT2D eigenvalue weighted by molar-refractivity contribution is 5.76. The molecule has 0 saturated carbocycles. The van der Waals surface area contributed by atoms with Crippen molar-refractivity contribution in [3.8, 4) is 5.88 Å². The van der Waals surface area contributed by atoms with Crippen LogP contribution >= 0.6 is 0 Å². The Morgan fingerprint density at radius 2 is 2.32 bits per heavy atom. The predicted molar refractivity (Wildman–Crippen MR) is 68.2 cm³/mol. The number of rotatable bonds is 5. The van der Waals surface area contributed by atoms with E-state index in [0.29, 0.717) is 44.4 Å². The monoisotopic (exact) mass is 266 g/mol. The highest BCUT2D eigenvalue weighted by atomic mass is 16.5. The summed E-state index contributed by atoms with van der Waals surface area (Å²) < 4.78 is 10.7. The minimum absolute atomic E-state index is 0.392. The molecule has 6 heteroatoms. The number of morpholine rings is 1. The molecule has 0 aromatic carbocycles. The maximum Gasteiger partial charge on any atom is 0.325 e. The number of ether oxygens (including phenoxy) is 2. The minimum Gasteiger partial charge on any atom is -0.480 e. The zero-order valence-corrected chi connectivity index (χ0v) is 10.9. The number of carboxylic acid groups (broad SMARTS) is 1. The Morgan fingerprint density at radius 3 is 2.95 bits per heavy atom. The summed E-state index contributed by atoms with van der Waals surface area (Å²) in [6.07, 6.45) is 1.60. The fourth-order valence-electron chi connectivity index (χ4n) is 2.19. The average molecular weight is 266 g/mol. The van der Waals surface area contributed by atoms with Gasteiger partial charge in [-0.2, -0.15) is 0 Å². The number of carboxylic acids is 1. The first-order valence-electron chi connectivity index (χ1n) is 6.36. The quantitative estimate of drug-likeness (QED) is 0.855. The van der Waals surface area contributed by atoms with Crippen molar-refractivity contribution in [3.05, 3.63) is 23.9 Å². The third kappa shape index (κ3) is 3.21. The Morgan fingerprint density at radius 1 is 1.58 bits per heavy atom. The molecule has 1 aromatic rings. The first kappa shape index (κ1) is 13.8. The van der Waals surface area contributed by atoms with Crippen molar-refractivity contribution < 1.29 is 19.4 Å². The molecule has 1 aromatic heterocycles. The molecular formula is C13H18N2O4. The molecule has 1 fully saturated rings. The predicted octanol–water partition coefficient (Wildman–Crippen LogP) is 0.938. The Hall–Kier alpha value is -1.66. The second-order valence-electron chi connectivity index (χ2n) is 4.22. The molecule has 19 heavy (non-hydrogen) atoms. The van der Waals surface area contributed by atoms with Gasteiger partial charge in [-0.1, -0.05) is 0 Å². The van der Waals surface area contributed by atoms with Crippen LogP contribution in [0.2, 0.25) is 0 Å². The summed E-state index contributed by atoms with van der Waals surface area (Å²) in [5.41, 5.74) is 0.596. The first-order chi connectivity index (χ1) is 9.24. The lowest BCUT2D eigenvalue weighted by Gasteiger charge is -2.32. The van der Waals surface area contributed by atoms with E-state index in [2.05, 4.69) is 4.98 Å². The van der Waals surface area contributed by atoms with Gasteiger partial charge >= 0.3 is 5.97 Å². The highest BCUT2D eigenvalue weighted by Crippen LogP contribution is 2.28. The highest BCUT2D eigenvalue weighted by Gasteiger charge is 2.31. The van der Waals surface area contributed by atoms with E-state index >= 15 is 0 Å². The maximum absolute atomic E-state index is 11.6. The largest absolute Gasteiger partial charge is 0.480 e. The molecule has 104 valence electrons. The van der Waals surface area contributed by atoms with Gasteiger partial charge in [0.1, 0.15) is 6.04 Å². The molecule has 0 spiro atoms. The molecular weight excluding hydrogens is 248 g/mol. The van der Waals surface area contributed by atoms with Crippen LogP contribution in [0.5, 0.6) is 5.88 Å². The van der Waals surface area contributed by atoms with Crippen molar-refractivity contribution in [2.24, 2.45) is 0 Å². The van der Waals surface area contributed by atoms with Crippen LogP contribution in [0.1, 0.15) is 18.5 Å². The van der Waals surface area contributed by atoms with E-state index in [0.717, 1.165) is 0 Å². The Balaban J connectivity index is 2.30. The second-order valence-corrected chi connectivity index (χ2v) is 4.22. The van der Waals surface area contributed by atoms with Crippen LogP contribution < -0.4 is 4.74 Å². The summed E-state index contributed by atoms with van der Waals surface area (Å²) in [4.78, 5) is 17.6. The van der Waals surface area contributed by atoms with Gasteiger partial charge in [-0.15, -0.1) is 0 Å².